The third-order valence-electron chi connectivity index (χ3n) is 2.98. The maximum Gasteiger partial charge on any atom is 0.240 e. The van der Waals surface area contributed by atoms with E-state index >= 15 is 0 Å². The van der Waals surface area contributed by atoms with Crippen LogP contribution in [0.2, 0.25) is 0 Å². The van der Waals surface area contributed by atoms with E-state index in [0.29, 0.717) is 12.6 Å². The molecule has 1 rings (SSSR count). The second-order valence-electron chi connectivity index (χ2n) is 5.48. The molecule has 1 unspecified atom stereocenters. The summed E-state index contributed by atoms with van der Waals surface area (Å²) in [5.41, 5.74) is 1.21. The fourth-order valence-corrected chi connectivity index (χ4v) is 2.01. The highest BCUT2D eigenvalue weighted by molar-refractivity contribution is 5.76. The first-order valence-corrected chi connectivity index (χ1v) is 7.18. The van der Waals surface area contributed by atoms with E-state index in [2.05, 4.69) is 44.4 Å². The third kappa shape index (κ3) is 6.43. The number of rotatable bonds is 8. The van der Waals surface area contributed by atoms with E-state index in [0.717, 1.165) is 19.4 Å². The smallest absolute Gasteiger partial charge is 0.240 e. The van der Waals surface area contributed by atoms with E-state index < -0.39 is 0 Å². The van der Waals surface area contributed by atoms with Crippen molar-refractivity contribution < 1.29 is 4.79 Å². The van der Waals surface area contributed by atoms with Gasteiger partial charge in [0, 0.05) is 31.0 Å². The molecule has 1 aromatic heterocycles. The Morgan fingerprint density at radius 1 is 1.37 bits per heavy atom. The molecule has 4 nitrogen and oxygen atoms in total. The van der Waals surface area contributed by atoms with Gasteiger partial charge in [0.25, 0.3) is 0 Å². The van der Waals surface area contributed by atoms with Crippen molar-refractivity contribution in [2.24, 2.45) is 0 Å². The maximum atomic E-state index is 11.8. The first-order valence-electron chi connectivity index (χ1n) is 7.18. The topological polar surface area (TPSA) is 46.1 Å². The van der Waals surface area contributed by atoms with Crippen molar-refractivity contribution in [2.45, 2.75) is 65.7 Å². The van der Waals surface area contributed by atoms with Gasteiger partial charge in [-0.3, -0.25) is 4.79 Å². The van der Waals surface area contributed by atoms with Crippen LogP contribution >= 0.6 is 0 Å². The van der Waals surface area contributed by atoms with Gasteiger partial charge in [-0.1, -0.05) is 27.2 Å². The number of carbonyl (C=O) groups excluding carboxylic acids is 1. The van der Waals surface area contributed by atoms with Gasteiger partial charge in [-0.25, -0.2) is 0 Å². The Hall–Kier alpha value is -1.29. The van der Waals surface area contributed by atoms with Gasteiger partial charge >= 0.3 is 0 Å². The fraction of sp³-hybridized carbons (Fsp3) is 0.667. The van der Waals surface area contributed by atoms with Crippen molar-refractivity contribution in [3.05, 3.63) is 24.0 Å². The van der Waals surface area contributed by atoms with Crippen LogP contribution < -0.4 is 10.6 Å². The number of nitrogens with one attached hydrogen (secondary N) is 2. The Balaban J connectivity index is 2.38. The number of hydrogen-bond donors (Lipinski definition) is 2. The number of carbonyl (C=O) groups is 1. The summed E-state index contributed by atoms with van der Waals surface area (Å²) in [7, 11) is 0. The van der Waals surface area contributed by atoms with Gasteiger partial charge in [0.05, 0.1) is 0 Å². The van der Waals surface area contributed by atoms with Crippen LogP contribution in [0.4, 0.5) is 0 Å². The minimum Gasteiger partial charge on any atom is -0.352 e. The monoisotopic (exact) mass is 265 g/mol. The normalized spacial score (nSPS) is 12.7. The van der Waals surface area contributed by atoms with Crippen LogP contribution in [0, 0.1) is 0 Å². The number of nitrogens with zero attached hydrogens (tertiary/aromatic N) is 1. The summed E-state index contributed by atoms with van der Waals surface area (Å²) < 4.78 is 1.94. The standard InChI is InChI=1S/C15H27N3O/c1-5-6-13(4)17-15(19)11-18-8-7-14(10-18)9-16-12(2)3/h7-8,10,12-13,16H,5-6,9,11H2,1-4H3,(H,17,19). The molecule has 0 aliphatic carbocycles. The maximum absolute atomic E-state index is 11.8. The van der Waals surface area contributed by atoms with E-state index in [1.165, 1.54) is 5.56 Å². The lowest BCUT2D eigenvalue weighted by atomic mass is 10.2. The molecule has 1 heterocycles. The van der Waals surface area contributed by atoms with Gasteiger partial charge in [0.2, 0.25) is 5.91 Å². The zero-order chi connectivity index (χ0) is 14.3. The Morgan fingerprint density at radius 3 is 2.74 bits per heavy atom. The molecule has 1 amide bonds. The van der Waals surface area contributed by atoms with Crippen molar-refractivity contribution in [3.63, 3.8) is 0 Å². The highest BCUT2D eigenvalue weighted by Gasteiger charge is 2.07. The quantitative estimate of drug-likeness (QED) is 0.757. The van der Waals surface area contributed by atoms with Crippen LogP contribution in [-0.2, 0) is 17.9 Å². The molecule has 1 aromatic rings. The van der Waals surface area contributed by atoms with Gasteiger partial charge in [-0.05, 0) is 25.0 Å². The zero-order valence-corrected chi connectivity index (χ0v) is 12.6. The summed E-state index contributed by atoms with van der Waals surface area (Å²) in [5, 5.41) is 6.38. The molecule has 0 aliphatic rings. The van der Waals surface area contributed by atoms with Gasteiger partial charge < -0.3 is 15.2 Å². The molecular formula is C15H27N3O. The summed E-state index contributed by atoms with van der Waals surface area (Å²) in [5.74, 6) is 0.0833. The van der Waals surface area contributed by atoms with Crippen molar-refractivity contribution in [2.75, 3.05) is 0 Å². The lowest BCUT2D eigenvalue weighted by Gasteiger charge is -2.13. The van der Waals surface area contributed by atoms with E-state index in [4.69, 9.17) is 0 Å². The molecule has 0 saturated carbocycles. The predicted molar refractivity (Wildman–Crippen MR) is 78.9 cm³/mol. The zero-order valence-electron chi connectivity index (χ0n) is 12.6. The fourth-order valence-electron chi connectivity index (χ4n) is 2.01. The number of amides is 1. The Bertz CT molecular complexity index is 384. The molecule has 2 N–H and O–H groups in total. The average Bonchev–Trinajstić information content (AvgIpc) is 2.74. The minimum atomic E-state index is 0.0833. The summed E-state index contributed by atoms with van der Waals surface area (Å²) in [6, 6.07) is 2.79. The van der Waals surface area contributed by atoms with Crippen LogP contribution in [0.5, 0.6) is 0 Å². The largest absolute Gasteiger partial charge is 0.352 e. The molecule has 0 spiro atoms. The molecule has 19 heavy (non-hydrogen) atoms. The molecule has 0 radical (unpaired) electrons. The summed E-state index contributed by atoms with van der Waals surface area (Å²) in [4.78, 5) is 11.8. The molecule has 0 aromatic carbocycles. The van der Waals surface area contributed by atoms with E-state index in [9.17, 15) is 4.79 Å². The van der Waals surface area contributed by atoms with Crippen LogP contribution in [0.3, 0.4) is 0 Å². The van der Waals surface area contributed by atoms with Gasteiger partial charge in [0.15, 0.2) is 0 Å². The Kier molecular flexibility index (Phi) is 6.64. The second kappa shape index (κ2) is 8.00. The Labute approximate surface area is 116 Å². The van der Waals surface area contributed by atoms with Gasteiger partial charge in [0.1, 0.15) is 6.54 Å². The van der Waals surface area contributed by atoms with Crippen LogP contribution in [-0.4, -0.2) is 22.6 Å². The van der Waals surface area contributed by atoms with Crippen molar-refractivity contribution in [1.82, 2.24) is 15.2 Å². The van der Waals surface area contributed by atoms with E-state index in [-0.39, 0.29) is 11.9 Å². The summed E-state index contributed by atoms with van der Waals surface area (Å²) in [6.45, 7) is 9.67. The van der Waals surface area contributed by atoms with Crippen molar-refractivity contribution in [3.8, 4) is 0 Å². The first kappa shape index (κ1) is 15.8. The highest BCUT2D eigenvalue weighted by Crippen LogP contribution is 2.02. The number of aromatic nitrogens is 1. The third-order valence-corrected chi connectivity index (χ3v) is 2.98. The van der Waals surface area contributed by atoms with Crippen LogP contribution in [0.15, 0.2) is 18.5 Å². The van der Waals surface area contributed by atoms with Crippen molar-refractivity contribution in [1.29, 1.82) is 0 Å². The summed E-state index contributed by atoms with van der Waals surface area (Å²) >= 11 is 0. The molecule has 0 aliphatic heterocycles. The first-order chi connectivity index (χ1) is 9.01. The molecule has 4 heteroatoms. The lowest BCUT2D eigenvalue weighted by Crippen LogP contribution is -2.34. The molecule has 0 bridgehead atoms. The average molecular weight is 265 g/mol. The molecule has 0 fully saturated rings. The highest BCUT2D eigenvalue weighted by atomic mass is 16.2. The molecular weight excluding hydrogens is 238 g/mol. The lowest BCUT2D eigenvalue weighted by molar-refractivity contribution is -0.122. The predicted octanol–water partition coefficient (Wildman–Crippen LogP) is 2.29. The summed E-state index contributed by atoms with van der Waals surface area (Å²) in [6.07, 6.45) is 6.11. The minimum absolute atomic E-state index is 0.0833. The van der Waals surface area contributed by atoms with E-state index in [1.54, 1.807) is 0 Å². The molecule has 1 atom stereocenters. The van der Waals surface area contributed by atoms with Crippen molar-refractivity contribution >= 4 is 5.91 Å². The second-order valence-corrected chi connectivity index (χ2v) is 5.48. The molecule has 108 valence electrons. The van der Waals surface area contributed by atoms with Gasteiger partial charge in [-0.15, -0.1) is 0 Å². The van der Waals surface area contributed by atoms with Crippen LogP contribution in [0.1, 0.15) is 46.1 Å². The van der Waals surface area contributed by atoms with Crippen LogP contribution in [0.25, 0.3) is 0 Å². The van der Waals surface area contributed by atoms with E-state index in [1.807, 2.05) is 17.0 Å². The number of hydrogen-bond acceptors (Lipinski definition) is 2. The SMILES string of the molecule is CCCC(C)NC(=O)Cn1ccc(CNC(C)C)c1. The Morgan fingerprint density at radius 2 is 2.11 bits per heavy atom. The van der Waals surface area contributed by atoms with Gasteiger partial charge in [-0.2, -0.15) is 0 Å². The molecule has 0 saturated heterocycles.